The predicted octanol–water partition coefficient (Wildman–Crippen LogP) is 2.44. The molecule has 2 aliphatic carbocycles. The molecule has 6 nitrogen and oxygen atoms in total. The molecule has 1 aliphatic heterocycles. The molecule has 1 aromatic rings. The maximum absolute atomic E-state index is 12.7. The molecule has 0 radical (unpaired) electrons. The van der Waals surface area contributed by atoms with Gasteiger partial charge >= 0.3 is 0 Å². The Morgan fingerprint density at radius 2 is 1.73 bits per heavy atom. The molecule has 0 unspecified atom stereocenters. The van der Waals surface area contributed by atoms with Crippen LogP contribution in [0, 0.1) is 40.7 Å². The minimum absolute atomic E-state index is 0.0573. The Hall–Kier alpha value is -2.24. The van der Waals surface area contributed by atoms with Crippen molar-refractivity contribution in [1.29, 1.82) is 0 Å². The van der Waals surface area contributed by atoms with Crippen LogP contribution in [-0.4, -0.2) is 16.7 Å². The second-order valence-corrected chi connectivity index (χ2v) is 6.62. The number of benzene rings is 1. The Morgan fingerprint density at radius 3 is 2.27 bits per heavy atom. The molecule has 6 heteroatoms. The highest BCUT2D eigenvalue weighted by atomic mass is 16.6. The lowest BCUT2D eigenvalue weighted by atomic mass is 9.81. The number of hydrogen-bond donors (Lipinski definition) is 0. The number of carbonyl (C=O) groups is 2. The molecule has 1 heterocycles. The summed E-state index contributed by atoms with van der Waals surface area (Å²) in [6, 6.07) is 4.56. The lowest BCUT2D eigenvalue weighted by Crippen LogP contribution is -2.32. The Labute approximate surface area is 127 Å². The van der Waals surface area contributed by atoms with E-state index in [0.717, 1.165) is 19.3 Å². The summed E-state index contributed by atoms with van der Waals surface area (Å²) in [6.45, 7) is 1.64. The first-order valence-corrected chi connectivity index (χ1v) is 7.62. The summed E-state index contributed by atoms with van der Waals surface area (Å²) in [4.78, 5) is 37.2. The minimum atomic E-state index is -0.478. The highest BCUT2D eigenvalue weighted by Crippen LogP contribution is 2.56. The van der Waals surface area contributed by atoms with E-state index >= 15 is 0 Å². The van der Waals surface area contributed by atoms with Crippen LogP contribution in [0.3, 0.4) is 0 Å². The van der Waals surface area contributed by atoms with Crippen molar-refractivity contribution < 1.29 is 14.5 Å². The van der Waals surface area contributed by atoms with Crippen LogP contribution >= 0.6 is 0 Å². The zero-order valence-corrected chi connectivity index (χ0v) is 12.2. The van der Waals surface area contributed by atoms with E-state index in [0.29, 0.717) is 23.1 Å². The summed E-state index contributed by atoms with van der Waals surface area (Å²) < 4.78 is 0. The van der Waals surface area contributed by atoms with Crippen molar-refractivity contribution in [2.45, 2.75) is 26.2 Å². The van der Waals surface area contributed by atoms with E-state index in [1.54, 1.807) is 19.1 Å². The molecule has 2 bridgehead atoms. The van der Waals surface area contributed by atoms with Gasteiger partial charge < -0.3 is 0 Å². The van der Waals surface area contributed by atoms with Gasteiger partial charge in [-0.15, -0.1) is 0 Å². The maximum Gasteiger partial charge on any atom is 0.274 e. The van der Waals surface area contributed by atoms with Crippen molar-refractivity contribution in [3.63, 3.8) is 0 Å². The van der Waals surface area contributed by atoms with Crippen LogP contribution in [0.4, 0.5) is 11.4 Å². The standard InChI is InChI=1S/C16H16N2O4/c1-8-2-5-11(7-12(8)18(21)22)17-15(19)13-9-3-4-10(6-9)14(13)16(17)20/h2,5,7,9-10,13-14H,3-4,6H2,1H3/t9-,10-,13-,14-/m0/s1. The number of amides is 2. The number of aryl methyl sites for hydroxylation is 1. The van der Waals surface area contributed by atoms with Gasteiger partial charge in [-0.1, -0.05) is 6.07 Å². The summed E-state index contributed by atoms with van der Waals surface area (Å²) in [5, 5.41) is 11.1. The Kier molecular flexibility index (Phi) is 2.67. The monoisotopic (exact) mass is 300 g/mol. The molecule has 0 N–H and O–H groups in total. The molecule has 1 aromatic carbocycles. The lowest BCUT2D eigenvalue weighted by molar-refractivity contribution is -0.385. The number of carbonyl (C=O) groups excluding carboxylic acids is 2. The number of imide groups is 1. The first-order chi connectivity index (χ1) is 10.5. The Balaban J connectivity index is 1.75. The first kappa shape index (κ1) is 13.4. The van der Waals surface area contributed by atoms with Crippen LogP contribution < -0.4 is 4.90 Å². The molecule has 0 aromatic heterocycles. The van der Waals surface area contributed by atoms with Gasteiger partial charge in [0.1, 0.15) is 0 Å². The Morgan fingerprint density at radius 1 is 1.14 bits per heavy atom. The van der Waals surface area contributed by atoms with E-state index in [4.69, 9.17) is 0 Å². The second kappa shape index (κ2) is 4.38. The molecule has 22 heavy (non-hydrogen) atoms. The average molecular weight is 300 g/mol. The van der Waals surface area contributed by atoms with E-state index in [9.17, 15) is 19.7 Å². The number of nitro benzene ring substituents is 1. The van der Waals surface area contributed by atoms with Crippen LogP contribution in [0.15, 0.2) is 18.2 Å². The number of hydrogen-bond acceptors (Lipinski definition) is 4. The number of nitro groups is 1. The number of fused-ring (bicyclic) bond motifs is 5. The largest absolute Gasteiger partial charge is 0.274 e. The van der Waals surface area contributed by atoms with Gasteiger partial charge in [0.25, 0.3) is 5.69 Å². The summed E-state index contributed by atoms with van der Waals surface area (Å²) in [6.07, 6.45) is 3.02. The molecule has 1 saturated heterocycles. The molecule has 4 atom stereocenters. The minimum Gasteiger partial charge on any atom is -0.274 e. The summed E-state index contributed by atoms with van der Waals surface area (Å²) in [5.74, 6) is -0.104. The molecular formula is C16H16N2O4. The smallest absolute Gasteiger partial charge is 0.274 e. The van der Waals surface area contributed by atoms with Crippen molar-refractivity contribution >= 4 is 23.2 Å². The number of anilines is 1. The van der Waals surface area contributed by atoms with Crippen LogP contribution in [0.5, 0.6) is 0 Å². The highest BCUT2D eigenvalue weighted by molar-refractivity contribution is 6.22. The van der Waals surface area contributed by atoms with Crippen molar-refractivity contribution in [3.05, 3.63) is 33.9 Å². The fraction of sp³-hybridized carbons (Fsp3) is 0.500. The van der Waals surface area contributed by atoms with Gasteiger partial charge in [0.05, 0.1) is 22.4 Å². The van der Waals surface area contributed by atoms with Crippen molar-refractivity contribution in [2.24, 2.45) is 23.7 Å². The zero-order chi connectivity index (χ0) is 15.6. The average Bonchev–Trinajstić information content (AvgIpc) is 3.14. The zero-order valence-electron chi connectivity index (χ0n) is 12.2. The molecule has 2 amide bonds. The molecule has 0 spiro atoms. The topological polar surface area (TPSA) is 80.5 Å². The molecule has 3 fully saturated rings. The number of nitrogens with zero attached hydrogens (tertiary/aromatic N) is 2. The maximum atomic E-state index is 12.7. The molecule has 2 saturated carbocycles. The van der Waals surface area contributed by atoms with Crippen molar-refractivity contribution in [2.75, 3.05) is 4.90 Å². The van der Waals surface area contributed by atoms with Crippen LogP contribution in [0.2, 0.25) is 0 Å². The quantitative estimate of drug-likeness (QED) is 0.477. The summed E-state index contributed by atoms with van der Waals surface area (Å²) >= 11 is 0. The van der Waals surface area contributed by atoms with E-state index in [1.165, 1.54) is 11.0 Å². The van der Waals surface area contributed by atoms with Crippen LogP contribution in [0.25, 0.3) is 0 Å². The summed E-state index contributed by atoms with van der Waals surface area (Å²) in [7, 11) is 0. The van der Waals surface area contributed by atoms with Crippen LogP contribution in [-0.2, 0) is 9.59 Å². The van der Waals surface area contributed by atoms with Gasteiger partial charge in [0.2, 0.25) is 11.8 Å². The highest BCUT2D eigenvalue weighted by Gasteiger charge is 2.61. The summed E-state index contributed by atoms with van der Waals surface area (Å²) in [5.41, 5.74) is 0.798. The normalized spacial score (nSPS) is 32.7. The van der Waals surface area contributed by atoms with E-state index in [2.05, 4.69) is 0 Å². The van der Waals surface area contributed by atoms with Gasteiger partial charge in [-0.3, -0.25) is 19.7 Å². The molecular weight excluding hydrogens is 284 g/mol. The fourth-order valence-electron chi connectivity index (χ4n) is 4.60. The van der Waals surface area contributed by atoms with Crippen molar-refractivity contribution in [3.8, 4) is 0 Å². The first-order valence-electron chi connectivity index (χ1n) is 7.62. The van der Waals surface area contributed by atoms with Crippen LogP contribution in [0.1, 0.15) is 24.8 Å². The third-order valence-electron chi connectivity index (χ3n) is 5.58. The third kappa shape index (κ3) is 1.60. The van der Waals surface area contributed by atoms with Gasteiger partial charge in [-0.25, -0.2) is 4.90 Å². The van der Waals surface area contributed by atoms with E-state index in [-0.39, 0.29) is 29.3 Å². The predicted molar refractivity (Wildman–Crippen MR) is 78.1 cm³/mol. The SMILES string of the molecule is Cc1ccc(N2C(=O)[C@H]3[C@H]4CC[C@@H](C4)[C@@H]3C2=O)cc1[N+](=O)[O-]. The van der Waals surface area contributed by atoms with Gasteiger partial charge in [0.15, 0.2) is 0 Å². The molecule has 3 aliphatic rings. The van der Waals surface area contributed by atoms with Gasteiger partial charge in [-0.2, -0.15) is 0 Å². The fourth-order valence-corrected chi connectivity index (χ4v) is 4.60. The molecule has 4 rings (SSSR count). The Bertz CT molecular complexity index is 686. The second-order valence-electron chi connectivity index (χ2n) is 6.62. The van der Waals surface area contributed by atoms with E-state index in [1.807, 2.05) is 0 Å². The van der Waals surface area contributed by atoms with E-state index < -0.39 is 4.92 Å². The molecule has 114 valence electrons. The number of rotatable bonds is 2. The lowest BCUT2D eigenvalue weighted by Gasteiger charge is -2.19. The van der Waals surface area contributed by atoms with Gasteiger partial charge in [-0.05, 0) is 44.1 Å². The third-order valence-corrected chi connectivity index (χ3v) is 5.58. The van der Waals surface area contributed by atoms with Crippen molar-refractivity contribution in [1.82, 2.24) is 0 Å². The van der Waals surface area contributed by atoms with Gasteiger partial charge in [0, 0.05) is 11.6 Å².